The molecule has 1 fully saturated rings. The van der Waals surface area contributed by atoms with Crippen LogP contribution in [0.25, 0.3) is 0 Å². The van der Waals surface area contributed by atoms with E-state index in [2.05, 4.69) is 15.3 Å². The highest BCUT2D eigenvalue weighted by Gasteiger charge is 2.16. The van der Waals surface area contributed by atoms with Crippen LogP contribution in [0.5, 0.6) is 0 Å². The lowest BCUT2D eigenvalue weighted by Gasteiger charge is -2.15. The molecule has 1 aliphatic heterocycles. The molecule has 0 saturated carbocycles. The van der Waals surface area contributed by atoms with Crippen LogP contribution in [0.15, 0.2) is 12.5 Å². The van der Waals surface area contributed by atoms with Gasteiger partial charge in [-0.15, -0.1) is 0 Å². The van der Waals surface area contributed by atoms with Crippen LogP contribution in [0.4, 0.5) is 0 Å². The van der Waals surface area contributed by atoms with Crippen molar-refractivity contribution in [2.45, 2.75) is 19.4 Å². The van der Waals surface area contributed by atoms with E-state index >= 15 is 0 Å². The monoisotopic (exact) mass is 208 g/mol. The van der Waals surface area contributed by atoms with Crippen LogP contribution in [-0.4, -0.2) is 40.4 Å². The highest BCUT2D eigenvalue weighted by molar-refractivity contribution is 5.78. The van der Waals surface area contributed by atoms with Crippen LogP contribution in [0.3, 0.4) is 0 Å². The highest BCUT2D eigenvalue weighted by Crippen LogP contribution is 2.06. The number of nitrogens with zero attached hydrogens (tertiary/aromatic N) is 2. The fraction of sp³-hybridized carbons (Fsp3) is 0.600. The van der Waals surface area contributed by atoms with Gasteiger partial charge in [0.1, 0.15) is 0 Å². The van der Waals surface area contributed by atoms with Gasteiger partial charge >= 0.3 is 0 Å². The third-order valence-corrected chi connectivity index (χ3v) is 2.61. The number of amides is 1. The molecular formula is C10H16N4O. The second-order valence-corrected chi connectivity index (χ2v) is 3.77. The third-order valence-electron chi connectivity index (χ3n) is 2.61. The molecule has 0 bridgehead atoms. The highest BCUT2D eigenvalue weighted by atomic mass is 16.2. The summed E-state index contributed by atoms with van der Waals surface area (Å²) in [5.74, 6) is 0.201. The van der Waals surface area contributed by atoms with E-state index in [1.807, 2.05) is 4.90 Å². The van der Waals surface area contributed by atoms with Crippen LogP contribution in [0, 0.1) is 0 Å². The average molecular weight is 208 g/mol. The number of H-pyrrole nitrogens is 1. The van der Waals surface area contributed by atoms with Crippen molar-refractivity contribution in [2.24, 2.45) is 0 Å². The lowest BCUT2D eigenvalue weighted by atomic mass is 10.4. The molecule has 1 aliphatic rings. The Kier molecular flexibility index (Phi) is 3.34. The first-order valence-corrected chi connectivity index (χ1v) is 5.32. The summed E-state index contributed by atoms with van der Waals surface area (Å²) in [5.41, 5.74) is 1.00. The lowest BCUT2D eigenvalue weighted by Crippen LogP contribution is -2.36. The summed E-state index contributed by atoms with van der Waals surface area (Å²) in [6, 6.07) is 0. The molecule has 1 saturated heterocycles. The normalized spacial score (nSPS) is 15.9. The molecule has 0 spiro atoms. The largest absolute Gasteiger partial charge is 0.347 e. The molecule has 5 nitrogen and oxygen atoms in total. The smallest absolute Gasteiger partial charge is 0.236 e. The van der Waals surface area contributed by atoms with Crippen LogP contribution in [-0.2, 0) is 11.3 Å². The van der Waals surface area contributed by atoms with Gasteiger partial charge in [0.25, 0.3) is 0 Å². The summed E-state index contributed by atoms with van der Waals surface area (Å²) in [6.45, 7) is 2.92. The maximum absolute atomic E-state index is 11.6. The van der Waals surface area contributed by atoms with E-state index in [1.54, 1.807) is 12.5 Å². The Morgan fingerprint density at radius 1 is 1.53 bits per heavy atom. The summed E-state index contributed by atoms with van der Waals surface area (Å²) in [6.07, 6.45) is 5.69. The number of hydrogen-bond acceptors (Lipinski definition) is 3. The Labute approximate surface area is 88.9 Å². The van der Waals surface area contributed by atoms with Crippen LogP contribution in [0.2, 0.25) is 0 Å². The standard InChI is InChI=1S/C10H16N4O/c15-10(14-3-1-2-4-14)7-11-5-9-6-12-8-13-9/h6,8,11H,1-5,7H2,(H,12,13). The number of carbonyl (C=O) groups is 1. The number of rotatable bonds is 4. The van der Waals surface area contributed by atoms with Gasteiger partial charge in [0, 0.05) is 31.5 Å². The maximum atomic E-state index is 11.6. The minimum absolute atomic E-state index is 0.201. The van der Waals surface area contributed by atoms with E-state index in [4.69, 9.17) is 0 Å². The minimum Gasteiger partial charge on any atom is -0.347 e. The van der Waals surface area contributed by atoms with Gasteiger partial charge in [-0.25, -0.2) is 4.98 Å². The van der Waals surface area contributed by atoms with E-state index in [-0.39, 0.29) is 5.91 Å². The molecule has 1 aromatic rings. The number of imidazole rings is 1. The summed E-state index contributed by atoms with van der Waals surface area (Å²) in [5, 5.41) is 3.10. The molecule has 1 amide bonds. The average Bonchev–Trinajstić information content (AvgIpc) is 2.90. The number of carbonyl (C=O) groups excluding carboxylic acids is 1. The summed E-state index contributed by atoms with van der Waals surface area (Å²) in [4.78, 5) is 20.4. The first-order chi connectivity index (χ1) is 7.36. The van der Waals surface area contributed by atoms with Gasteiger partial charge in [0.15, 0.2) is 0 Å². The molecule has 0 radical (unpaired) electrons. The number of aromatic amines is 1. The molecule has 2 rings (SSSR count). The van der Waals surface area contributed by atoms with Gasteiger partial charge in [0.05, 0.1) is 12.9 Å². The van der Waals surface area contributed by atoms with Gasteiger partial charge in [-0.3, -0.25) is 4.79 Å². The van der Waals surface area contributed by atoms with Crippen molar-refractivity contribution in [1.29, 1.82) is 0 Å². The first kappa shape index (κ1) is 10.2. The van der Waals surface area contributed by atoms with Crippen molar-refractivity contribution in [3.63, 3.8) is 0 Å². The quantitative estimate of drug-likeness (QED) is 0.739. The zero-order chi connectivity index (χ0) is 10.5. The van der Waals surface area contributed by atoms with E-state index < -0.39 is 0 Å². The Balaban J connectivity index is 1.67. The Bertz CT molecular complexity index is 303. The summed E-state index contributed by atoms with van der Waals surface area (Å²) >= 11 is 0. The van der Waals surface area contributed by atoms with Gasteiger partial charge in [-0.05, 0) is 12.8 Å². The molecule has 0 atom stereocenters. The van der Waals surface area contributed by atoms with Gasteiger partial charge in [0.2, 0.25) is 5.91 Å². The van der Waals surface area contributed by atoms with E-state index in [9.17, 15) is 4.79 Å². The van der Waals surface area contributed by atoms with Gasteiger partial charge in [-0.1, -0.05) is 0 Å². The molecule has 5 heteroatoms. The Hall–Kier alpha value is -1.36. The molecule has 15 heavy (non-hydrogen) atoms. The summed E-state index contributed by atoms with van der Waals surface area (Å²) in [7, 11) is 0. The molecular weight excluding hydrogens is 192 g/mol. The minimum atomic E-state index is 0.201. The van der Waals surface area contributed by atoms with Crippen molar-refractivity contribution in [3.8, 4) is 0 Å². The SMILES string of the molecule is O=C(CNCc1cnc[nH]1)N1CCCC1. The molecule has 0 aliphatic carbocycles. The zero-order valence-electron chi connectivity index (χ0n) is 8.70. The molecule has 2 N–H and O–H groups in total. The van der Waals surface area contributed by atoms with Crippen molar-refractivity contribution < 1.29 is 4.79 Å². The molecule has 82 valence electrons. The Morgan fingerprint density at radius 3 is 3.00 bits per heavy atom. The second-order valence-electron chi connectivity index (χ2n) is 3.77. The van der Waals surface area contributed by atoms with E-state index in [0.717, 1.165) is 31.6 Å². The first-order valence-electron chi connectivity index (χ1n) is 5.32. The fourth-order valence-corrected chi connectivity index (χ4v) is 1.76. The summed E-state index contributed by atoms with van der Waals surface area (Å²) < 4.78 is 0. The molecule has 0 aromatic carbocycles. The lowest BCUT2D eigenvalue weighted by molar-refractivity contribution is -0.129. The van der Waals surface area contributed by atoms with Gasteiger partial charge < -0.3 is 15.2 Å². The molecule has 2 heterocycles. The molecule has 1 aromatic heterocycles. The predicted octanol–water partition coefficient (Wildman–Crippen LogP) is 0.122. The predicted molar refractivity (Wildman–Crippen MR) is 56.1 cm³/mol. The Morgan fingerprint density at radius 2 is 2.33 bits per heavy atom. The number of hydrogen-bond donors (Lipinski definition) is 2. The van der Waals surface area contributed by atoms with Crippen LogP contribution >= 0.6 is 0 Å². The number of aromatic nitrogens is 2. The van der Waals surface area contributed by atoms with Gasteiger partial charge in [-0.2, -0.15) is 0 Å². The van der Waals surface area contributed by atoms with Crippen molar-refractivity contribution in [3.05, 3.63) is 18.2 Å². The molecule has 0 unspecified atom stereocenters. The fourth-order valence-electron chi connectivity index (χ4n) is 1.76. The zero-order valence-corrected chi connectivity index (χ0v) is 8.70. The van der Waals surface area contributed by atoms with Crippen molar-refractivity contribution in [2.75, 3.05) is 19.6 Å². The van der Waals surface area contributed by atoms with Crippen LogP contribution in [0.1, 0.15) is 18.5 Å². The van der Waals surface area contributed by atoms with E-state index in [0.29, 0.717) is 13.1 Å². The number of likely N-dealkylation sites (tertiary alicyclic amines) is 1. The van der Waals surface area contributed by atoms with E-state index in [1.165, 1.54) is 0 Å². The van der Waals surface area contributed by atoms with Crippen LogP contribution < -0.4 is 5.32 Å². The van der Waals surface area contributed by atoms with Crippen molar-refractivity contribution in [1.82, 2.24) is 20.2 Å². The second kappa shape index (κ2) is 4.93. The number of nitrogens with one attached hydrogen (secondary N) is 2. The maximum Gasteiger partial charge on any atom is 0.236 e. The van der Waals surface area contributed by atoms with Crippen molar-refractivity contribution >= 4 is 5.91 Å². The third kappa shape index (κ3) is 2.79. The topological polar surface area (TPSA) is 61.0 Å².